The van der Waals surface area contributed by atoms with E-state index in [1.807, 2.05) is 18.2 Å². The maximum atomic E-state index is 11.9. The van der Waals surface area contributed by atoms with E-state index in [1.165, 1.54) is 5.56 Å². The third-order valence-electron chi connectivity index (χ3n) is 2.73. The SMILES string of the molecule is C=CCOCC(=O)N(CCN)CCc1ccccc1. The van der Waals surface area contributed by atoms with E-state index in [0.29, 0.717) is 26.2 Å². The zero-order chi connectivity index (χ0) is 13.9. The lowest BCUT2D eigenvalue weighted by Gasteiger charge is -2.22. The van der Waals surface area contributed by atoms with E-state index in [9.17, 15) is 4.79 Å². The van der Waals surface area contributed by atoms with Crippen molar-refractivity contribution >= 4 is 5.91 Å². The van der Waals surface area contributed by atoms with Crippen LogP contribution in [0.1, 0.15) is 5.56 Å². The molecule has 1 aromatic rings. The van der Waals surface area contributed by atoms with Gasteiger partial charge in [0.2, 0.25) is 5.91 Å². The molecular weight excluding hydrogens is 240 g/mol. The molecule has 0 radical (unpaired) electrons. The Hall–Kier alpha value is -1.65. The van der Waals surface area contributed by atoms with E-state index in [0.717, 1.165) is 6.42 Å². The molecule has 0 saturated heterocycles. The summed E-state index contributed by atoms with van der Waals surface area (Å²) < 4.78 is 5.17. The fourth-order valence-corrected chi connectivity index (χ4v) is 1.75. The molecular formula is C15H22N2O2. The highest BCUT2D eigenvalue weighted by Crippen LogP contribution is 2.02. The summed E-state index contributed by atoms with van der Waals surface area (Å²) in [6.45, 7) is 5.70. The molecule has 0 aromatic heterocycles. The summed E-state index contributed by atoms with van der Waals surface area (Å²) in [4.78, 5) is 13.7. The minimum atomic E-state index is -0.0248. The van der Waals surface area contributed by atoms with Crippen LogP contribution in [0.3, 0.4) is 0 Å². The Morgan fingerprint density at radius 3 is 2.68 bits per heavy atom. The smallest absolute Gasteiger partial charge is 0.248 e. The maximum Gasteiger partial charge on any atom is 0.248 e. The van der Waals surface area contributed by atoms with Crippen LogP contribution in [0.5, 0.6) is 0 Å². The van der Waals surface area contributed by atoms with Gasteiger partial charge in [0.1, 0.15) is 6.61 Å². The Morgan fingerprint density at radius 1 is 1.32 bits per heavy atom. The number of benzene rings is 1. The summed E-state index contributed by atoms with van der Waals surface area (Å²) in [7, 11) is 0. The molecule has 0 atom stereocenters. The van der Waals surface area contributed by atoms with Crippen LogP contribution < -0.4 is 5.73 Å². The number of nitrogens with zero attached hydrogens (tertiary/aromatic N) is 1. The highest BCUT2D eigenvalue weighted by Gasteiger charge is 2.12. The summed E-state index contributed by atoms with van der Waals surface area (Å²) in [5, 5.41) is 0. The summed E-state index contributed by atoms with van der Waals surface area (Å²) in [6, 6.07) is 10.1. The molecule has 0 bridgehead atoms. The minimum Gasteiger partial charge on any atom is -0.368 e. The Labute approximate surface area is 114 Å². The van der Waals surface area contributed by atoms with Gasteiger partial charge in [-0.15, -0.1) is 6.58 Å². The molecule has 0 saturated carbocycles. The molecule has 0 fully saturated rings. The third-order valence-corrected chi connectivity index (χ3v) is 2.73. The molecule has 0 spiro atoms. The molecule has 0 heterocycles. The van der Waals surface area contributed by atoms with Crippen molar-refractivity contribution in [3.8, 4) is 0 Å². The Bertz CT molecular complexity index is 379. The van der Waals surface area contributed by atoms with E-state index in [1.54, 1.807) is 11.0 Å². The zero-order valence-corrected chi connectivity index (χ0v) is 11.3. The fourth-order valence-electron chi connectivity index (χ4n) is 1.75. The first-order valence-corrected chi connectivity index (χ1v) is 6.48. The van der Waals surface area contributed by atoms with E-state index in [2.05, 4.69) is 18.7 Å². The quantitative estimate of drug-likeness (QED) is 0.538. The molecule has 1 aromatic carbocycles. The van der Waals surface area contributed by atoms with E-state index in [4.69, 9.17) is 10.5 Å². The number of amides is 1. The van der Waals surface area contributed by atoms with Gasteiger partial charge >= 0.3 is 0 Å². The second-order valence-corrected chi connectivity index (χ2v) is 4.21. The summed E-state index contributed by atoms with van der Waals surface area (Å²) in [5.74, 6) is -0.0248. The van der Waals surface area contributed by atoms with Crippen LogP contribution in [0.4, 0.5) is 0 Å². The first-order valence-electron chi connectivity index (χ1n) is 6.48. The number of ether oxygens (including phenoxy) is 1. The predicted molar refractivity (Wildman–Crippen MR) is 76.8 cm³/mol. The van der Waals surface area contributed by atoms with Crippen LogP contribution >= 0.6 is 0 Å². The minimum absolute atomic E-state index is 0.0248. The molecule has 104 valence electrons. The van der Waals surface area contributed by atoms with Crippen LogP contribution in [-0.2, 0) is 16.0 Å². The average Bonchev–Trinajstić information content (AvgIpc) is 2.44. The highest BCUT2D eigenvalue weighted by molar-refractivity contribution is 5.77. The third kappa shape index (κ3) is 6.18. The van der Waals surface area contributed by atoms with E-state index < -0.39 is 0 Å². The molecule has 0 aliphatic rings. The van der Waals surface area contributed by atoms with Crippen LogP contribution in [0.2, 0.25) is 0 Å². The van der Waals surface area contributed by atoms with Gasteiger partial charge in [0.05, 0.1) is 6.61 Å². The molecule has 1 amide bonds. The van der Waals surface area contributed by atoms with Gasteiger partial charge in [-0.05, 0) is 12.0 Å². The normalized spacial score (nSPS) is 10.2. The van der Waals surface area contributed by atoms with Crippen molar-refractivity contribution < 1.29 is 9.53 Å². The van der Waals surface area contributed by atoms with Crippen LogP contribution in [0, 0.1) is 0 Å². The molecule has 1 rings (SSSR count). The molecule has 19 heavy (non-hydrogen) atoms. The van der Waals surface area contributed by atoms with Gasteiger partial charge in [0.15, 0.2) is 0 Å². The van der Waals surface area contributed by atoms with Crippen molar-refractivity contribution in [2.75, 3.05) is 32.8 Å². The van der Waals surface area contributed by atoms with Gasteiger partial charge in [0, 0.05) is 19.6 Å². The van der Waals surface area contributed by atoms with Crippen molar-refractivity contribution in [3.05, 3.63) is 48.6 Å². The molecule has 2 N–H and O–H groups in total. The average molecular weight is 262 g/mol. The summed E-state index contributed by atoms with van der Waals surface area (Å²) >= 11 is 0. The summed E-state index contributed by atoms with van der Waals surface area (Å²) in [5.41, 5.74) is 6.75. The van der Waals surface area contributed by atoms with Crippen molar-refractivity contribution in [1.29, 1.82) is 0 Å². The fraction of sp³-hybridized carbons (Fsp3) is 0.400. The molecule has 0 unspecified atom stereocenters. The largest absolute Gasteiger partial charge is 0.368 e. The van der Waals surface area contributed by atoms with Gasteiger partial charge in [-0.3, -0.25) is 4.79 Å². The molecule has 0 aliphatic carbocycles. The Balaban J connectivity index is 2.43. The van der Waals surface area contributed by atoms with Gasteiger partial charge in [0.25, 0.3) is 0 Å². The molecule has 4 heteroatoms. The number of rotatable bonds is 9. The Morgan fingerprint density at radius 2 is 2.05 bits per heavy atom. The van der Waals surface area contributed by atoms with E-state index >= 15 is 0 Å². The lowest BCUT2D eigenvalue weighted by Crippen LogP contribution is -2.39. The van der Waals surface area contributed by atoms with Crippen LogP contribution in [-0.4, -0.2) is 43.7 Å². The number of carbonyl (C=O) groups excluding carboxylic acids is 1. The predicted octanol–water partition coefficient (Wildman–Crippen LogP) is 1.22. The monoisotopic (exact) mass is 262 g/mol. The Kier molecular flexibility index (Phi) is 7.54. The highest BCUT2D eigenvalue weighted by atomic mass is 16.5. The van der Waals surface area contributed by atoms with Crippen molar-refractivity contribution in [2.45, 2.75) is 6.42 Å². The van der Waals surface area contributed by atoms with E-state index in [-0.39, 0.29) is 12.5 Å². The topological polar surface area (TPSA) is 55.6 Å². The van der Waals surface area contributed by atoms with Crippen LogP contribution in [0.25, 0.3) is 0 Å². The number of carbonyl (C=O) groups is 1. The van der Waals surface area contributed by atoms with Gasteiger partial charge in [-0.2, -0.15) is 0 Å². The van der Waals surface area contributed by atoms with Crippen molar-refractivity contribution in [2.24, 2.45) is 5.73 Å². The molecule has 0 aliphatic heterocycles. The number of hydrogen-bond donors (Lipinski definition) is 1. The maximum absolute atomic E-state index is 11.9. The first kappa shape index (κ1) is 15.4. The van der Waals surface area contributed by atoms with Gasteiger partial charge in [-0.1, -0.05) is 36.4 Å². The number of nitrogens with two attached hydrogens (primary N) is 1. The van der Waals surface area contributed by atoms with Crippen molar-refractivity contribution in [1.82, 2.24) is 4.90 Å². The standard InChI is InChI=1S/C15H22N2O2/c1-2-12-19-13-15(18)17(11-9-16)10-8-14-6-4-3-5-7-14/h2-7H,1,8-13,16H2. The summed E-state index contributed by atoms with van der Waals surface area (Å²) in [6.07, 6.45) is 2.46. The van der Waals surface area contributed by atoms with Gasteiger partial charge in [-0.25, -0.2) is 0 Å². The second kappa shape index (κ2) is 9.30. The lowest BCUT2D eigenvalue weighted by atomic mass is 10.1. The van der Waals surface area contributed by atoms with Crippen molar-refractivity contribution in [3.63, 3.8) is 0 Å². The lowest BCUT2D eigenvalue weighted by molar-refractivity contribution is -0.135. The van der Waals surface area contributed by atoms with Crippen LogP contribution in [0.15, 0.2) is 43.0 Å². The second-order valence-electron chi connectivity index (χ2n) is 4.21. The molecule has 4 nitrogen and oxygen atoms in total. The number of hydrogen-bond acceptors (Lipinski definition) is 3. The zero-order valence-electron chi connectivity index (χ0n) is 11.3. The van der Waals surface area contributed by atoms with Gasteiger partial charge < -0.3 is 15.4 Å². The first-order chi connectivity index (χ1) is 9.27.